The lowest BCUT2D eigenvalue weighted by Crippen LogP contribution is -2.54. The van der Waals surface area contributed by atoms with Crippen LogP contribution in [0.3, 0.4) is 0 Å². The Balaban J connectivity index is -0.0000112. The van der Waals surface area contributed by atoms with Gasteiger partial charge < -0.3 is 61.3 Å². The number of aliphatic carboxylic acids is 4. The number of amides is 8. The number of nitrogens with one attached hydrogen (secondary N) is 4. The first kappa shape index (κ1) is 83.6. The normalized spacial score (nSPS) is 12.0. The monoisotopic (exact) mass is 1240 g/mol. The summed E-state index contributed by atoms with van der Waals surface area (Å²) in [5, 5.41) is 48.1. The zero-order valence-corrected chi connectivity index (χ0v) is 52.8. The fourth-order valence-electron chi connectivity index (χ4n) is 9.56. The number of unbranched alkanes of at least 4 members (excludes halogenated alkanes) is 2. The van der Waals surface area contributed by atoms with Crippen LogP contribution in [-0.4, -0.2) is 200 Å². The van der Waals surface area contributed by atoms with Crippen LogP contribution < -0.4 is 21.3 Å². The van der Waals surface area contributed by atoms with Crippen molar-refractivity contribution < 1.29 is 97.1 Å². The molecular formula is C59H100N8O20. The lowest BCUT2D eigenvalue weighted by Gasteiger charge is -2.36. The molecular weight excluding hydrogens is 1140 g/mol. The molecule has 0 aliphatic heterocycles. The van der Waals surface area contributed by atoms with E-state index in [1.165, 1.54) is 19.6 Å². The highest BCUT2D eigenvalue weighted by Crippen LogP contribution is 2.22. The molecule has 0 aliphatic carbocycles. The predicted octanol–water partition coefficient (Wildman–Crippen LogP) is 3.49. The van der Waals surface area contributed by atoms with Crippen molar-refractivity contribution in [3.63, 3.8) is 0 Å². The smallest absolute Gasteiger partial charge is 0.373 e. The predicted molar refractivity (Wildman–Crippen MR) is 313 cm³/mol. The maximum absolute atomic E-state index is 14.7. The molecule has 8 N–H and O–H groups in total. The molecule has 0 aromatic heterocycles. The van der Waals surface area contributed by atoms with Crippen LogP contribution in [0.1, 0.15) is 191 Å². The quantitative estimate of drug-likeness (QED) is 0.0404. The Labute approximate surface area is 511 Å². The lowest BCUT2D eigenvalue weighted by molar-refractivity contribution is -0.193. The largest absolute Gasteiger partial charge is 0.481 e. The van der Waals surface area contributed by atoms with E-state index in [1.54, 1.807) is 41.5 Å². The van der Waals surface area contributed by atoms with Crippen LogP contribution in [0, 0.1) is 23.7 Å². The number of carbonyl (C=O) groups excluding carboxylic acids is 12. The van der Waals surface area contributed by atoms with Gasteiger partial charge in [0.2, 0.25) is 47.3 Å². The molecule has 496 valence electrons. The summed E-state index contributed by atoms with van der Waals surface area (Å²) < 4.78 is 0. The van der Waals surface area contributed by atoms with E-state index >= 15 is 0 Å². The van der Waals surface area contributed by atoms with Gasteiger partial charge in [-0.2, -0.15) is 19.2 Å². The maximum atomic E-state index is 14.7. The third-order valence-electron chi connectivity index (χ3n) is 13.6. The molecule has 0 heterocycles. The molecule has 0 fully saturated rings. The number of hydrogen-bond donors (Lipinski definition) is 8. The van der Waals surface area contributed by atoms with E-state index in [1.807, 2.05) is 27.7 Å². The minimum Gasteiger partial charge on any atom is -0.481 e. The maximum Gasteiger partial charge on any atom is 0.373 e. The number of rotatable bonds is 46. The molecule has 4 unspecified atom stereocenters. The molecule has 4 atom stereocenters. The number of carboxylic acid groups (broad SMARTS) is 4. The van der Waals surface area contributed by atoms with Gasteiger partial charge in [0.05, 0.1) is 0 Å². The third kappa shape index (κ3) is 37.5. The molecule has 0 aromatic carbocycles. The van der Waals surface area contributed by atoms with E-state index in [0.717, 1.165) is 19.3 Å². The van der Waals surface area contributed by atoms with Crippen LogP contribution in [0.25, 0.3) is 0 Å². The SMILES string of the molecule is CCCCNC(=O)C(C(C)C)N(CCCC(=O)N(CCCC(=O)N(CCCC(=O)O)C(C(=O)NCCCC(=O)O)C(C)C)C(C(=O)NCCCC(=O)N(CCCC(=O)O)C(C(=O)NCCCC(=O)O)C(C)C)C(C)C)C(=O)CCCC.O=C=O.O=C=O. The van der Waals surface area contributed by atoms with Crippen LogP contribution in [0.15, 0.2) is 0 Å². The second-order valence-corrected chi connectivity index (χ2v) is 22.2. The second kappa shape index (κ2) is 49.5. The van der Waals surface area contributed by atoms with Gasteiger partial charge >= 0.3 is 36.2 Å². The Hall–Kier alpha value is -7.60. The molecule has 28 nitrogen and oxygen atoms in total. The van der Waals surface area contributed by atoms with Gasteiger partial charge in [0.25, 0.3) is 0 Å². The van der Waals surface area contributed by atoms with Crippen LogP contribution in [0.4, 0.5) is 0 Å². The highest BCUT2D eigenvalue weighted by molar-refractivity contribution is 5.91. The van der Waals surface area contributed by atoms with Crippen molar-refractivity contribution >= 4 is 83.4 Å². The van der Waals surface area contributed by atoms with E-state index in [-0.39, 0.29) is 172 Å². The third-order valence-corrected chi connectivity index (χ3v) is 13.6. The van der Waals surface area contributed by atoms with Gasteiger partial charge in [-0.25, -0.2) is 0 Å². The fourth-order valence-corrected chi connectivity index (χ4v) is 9.56. The molecule has 0 saturated heterocycles. The lowest BCUT2D eigenvalue weighted by atomic mass is 9.98. The summed E-state index contributed by atoms with van der Waals surface area (Å²) in [4.78, 5) is 195. The van der Waals surface area contributed by atoms with Crippen molar-refractivity contribution in [1.29, 1.82) is 0 Å². The Morgan fingerprint density at radius 1 is 0.310 bits per heavy atom. The van der Waals surface area contributed by atoms with Crippen molar-refractivity contribution in [3.8, 4) is 0 Å². The first-order valence-electron chi connectivity index (χ1n) is 30.1. The van der Waals surface area contributed by atoms with Gasteiger partial charge in [-0.3, -0.25) is 57.5 Å². The summed E-state index contributed by atoms with van der Waals surface area (Å²) in [7, 11) is 0. The van der Waals surface area contributed by atoms with Gasteiger partial charge in [0.15, 0.2) is 0 Å². The summed E-state index contributed by atoms with van der Waals surface area (Å²) >= 11 is 0. The summed E-state index contributed by atoms with van der Waals surface area (Å²) in [6, 6.07) is -4.01. The minimum atomic E-state index is -1.13. The Morgan fingerprint density at radius 2 is 0.494 bits per heavy atom. The minimum absolute atomic E-state index is 0.00704. The molecule has 0 bridgehead atoms. The van der Waals surface area contributed by atoms with E-state index in [9.17, 15) is 67.7 Å². The van der Waals surface area contributed by atoms with Crippen molar-refractivity contribution in [3.05, 3.63) is 0 Å². The van der Waals surface area contributed by atoms with Crippen molar-refractivity contribution in [2.45, 2.75) is 215 Å². The summed E-state index contributed by atoms with van der Waals surface area (Å²) in [6.07, 6.45) is 2.66. The van der Waals surface area contributed by atoms with Crippen molar-refractivity contribution in [2.75, 3.05) is 52.4 Å². The van der Waals surface area contributed by atoms with Gasteiger partial charge in [-0.1, -0.05) is 82.1 Å². The summed E-state index contributed by atoms with van der Waals surface area (Å²) in [5.74, 6) is -9.62. The summed E-state index contributed by atoms with van der Waals surface area (Å²) in [6.45, 7) is 18.2. The highest BCUT2D eigenvalue weighted by atomic mass is 16.4. The molecule has 87 heavy (non-hydrogen) atoms. The molecule has 0 radical (unpaired) electrons. The Bertz CT molecular complexity index is 2200. The molecule has 0 aromatic rings. The van der Waals surface area contributed by atoms with Crippen LogP contribution in [-0.2, 0) is 76.7 Å². The Morgan fingerprint density at radius 3 is 0.713 bits per heavy atom. The zero-order chi connectivity index (χ0) is 67.2. The van der Waals surface area contributed by atoms with Crippen LogP contribution in [0.2, 0.25) is 0 Å². The van der Waals surface area contributed by atoms with Crippen LogP contribution in [0.5, 0.6) is 0 Å². The molecule has 0 spiro atoms. The summed E-state index contributed by atoms with van der Waals surface area (Å²) in [5.41, 5.74) is 0. The average molecular weight is 1240 g/mol. The van der Waals surface area contributed by atoms with Crippen molar-refractivity contribution in [1.82, 2.24) is 40.9 Å². The number of nitrogens with zero attached hydrogens (tertiary/aromatic N) is 4. The number of hydrogen-bond acceptors (Lipinski definition) is 16. The zero-order valence-electron chi connectivity index (χ0n) is 52.8. The van der Waals surface area contributed by atoms with E-state index in [2.05, 4.69) is 21.3 Å². The topological polar surface area (TPSA) is 415 Å². The average Bonchev–Trinajstić information content (AvgIpc) is 3.27. The molecule has 0 rings (SSSR count). The van der Waals surface area contributed by atoms with Crippen LogP contribution >= 0.6 is 0 Å². The molecule has 8 amide bonds. The first-order valence-corrected chi connectivity index (χ1v) is 30.1. The van der Waals surface area contributed by atoms with Gasteiger partial charge in [0, 0.05) is 104 Å². The molecule has 0 aliphatic rings. The highest BCUT2D eigenvalue weighted by Gasteiger charge is 2.37. The van der Waals surface area contributed by atoms with Crippen molar-refractivity contribution in [2.24, 2.45) is 23.7 Å². The molecule has 0 saturated carbocycles. The number of carbonyl (C=O) groups is 12. The molecule has 28 heteroatoms. The van der Waals surface area contributed by atoms with Gasteiger partial charge in [-0.15, -0.1) is 0 Å². The van der Waals surface area contributed by atoms with E-state index < -0.39 is 101 Å². The number of carboxylic acids is 4. The second-order valence-electron chi connectivity index (χ2n) is 22.2. The standard InChI is InChI=1S/C57H100N8O16.2CO2/c1-11-13-22-42(66)62(50(38(3)4)54(78)58-30-14-12-2)34-18-24-44(68)63(35-19-25-45(69)65(37-21-29-49(76)77)53(41(9)10)57(81)61-33-17-27-47(72)73)51(39(5)6)55(79)59-31-15-23-43(67)64(36-20-28-48(74)75)52(40(7)8)56(80)60-32-16-26-46(70)71;2*2-1-3/h38-41,50-53H,11-37H2,1-10H3,(H,58,78)(H,59,79)(H,60,80)(H,61,81)(H,70,71)(H,72,73)(H,74,75)(H,76,77);;. The van der Waals surface area contributed by atoms with Gasteiger partial charge in [0.1, 0.15) is 24.2 Å². The first-order chi connectivity index (χ1) is 41.0. The van der Waals surface area contributed by atoms with E-state index in [0.29, 0.717) is 13.0 Å². The van der Waals surface area contributed by atoms with E-state index in [4.69, 9.17) is 29.4 Å². The Kier molecular flexibility index (Phi) is 47.6. The van der Waals surface area contributed by atoms with Gasteiger partial charge in [-0.05, 0) is 81.5 Å². The fraction of sp³-hybridized carbons (Fsp3) is 0.763.